The van der Waals surface area contributed by atoms with Crippen molar-refractivity contribution in [3.63, 3.8) is 0 Å². The summed E-state index contributed by atoms with van der Waals surface area (Å²) in [7, 11) is 0. The predicted octanol–water partition coefficient (Wildman–Crippen LogP) is 3.62. The number of carboxylic acid groups (broad SMARTS) is 1. The van der Waals surface area contributed by atoms with Crippen LogP contribution in [0.15, 0.2) is 11.4 Å². The largest absolute Gasteiger partial charge is 0.481 e. The van der Waals surface area contributed by atoms with Gasteiger partial charge in [0.05, 0.1) is 5.02 Å². The highest BCUT2D eigenvalue weighted by atomic mass is 35.5. The number of aliphatic carboxylic acids is 1. The molecule has 1 saturated heterocycles. The standard InChI is InChI=1S/C13H18ClNO2S/c14-11-6-8-18-12(11)9-15-7-2-1-3-10(15)4-5-13(16)17/h6,8,10H,1-5,7,9H2,(H,16,17). The molecule has 100 valence electrons. The van der Waals surface area contributed by atoms with E-state index in [1.165, 1.54) is 17.7 Å². The number of piperidine rings is 1. The topological polar surface area (TPSA) is 40.5 Å². The van der Waals surface area contributed by atoms with E-state index in [0.29, 0.717) is 6.04 Å². The molecular weight excluding hydrogens is 270 g/mol. The number of hydrogen-bond acceptors (Lipinski definition) is 3. The molecule has 0 aromatic carbocycles. The van der Waals surface area contributed by atoms with Crippen molar-refractivity contribution in [3.05, 3.63) is 21.3 Å². The first-order valence-electron chi connectivity index (χ1n) is 6.34. The van der Waals surface area contributed by atoms with E-state index in [-0.39, 0.29) is 6.42 Å². The van der Waals surface area contributed by atoms with Crippen LogP contribution in [0.1, 0.15) is 37.0 Å². The molecule has 0 aliphatic carbocycles. The molecule has 1 aromatic heterocycles. The zero-order valence-electron chi connectivity index (χ0n) is 10.3. The smallest absolute Gasteiger partial charge is 0.303 e. The summed E-state index contributed by atoms with van der Waals surface area (Å²) < 4.78 is 0. The molecule has 1 unspecified atom stereocenters. The Balaban J connectivity index is 1.95. The Morgan fingerprint density at radius 3 is 3.06 bits per heavy atom. The van der Waals surface area contributed by atoms with Crippen LogP contribution in [0.3, 0.4) is 0 Å². The Hall–Kier alpha value is -0.580. The summed E-state index contributed by atoms with van der Waals surface area (Å²) >= 11 is 7.80. The molecule has 5 heteroatoms. The third kappa shape index (κ3) is 3.70. The molecule has 1 aromatic rings. The number of thiophene rings is 1. The van der Waals surface area contributed by atoms with Crippen molar-refractivity contribution in [1.82, 2.24) is 4.90 Å². The van der Waals surface area contributed by atoms with Crippen LogP contribution in [0.2, 0.25) is 5.02 Å². The molecular formula is C13H18ClNO2S. The van der Waals surface area contributed by atoms with E-state index in [2.05, 4.69) is 4.90 Å². The van der Waals surface area contributed by atoms with Crippen molar-refractivity contribution in [2.45, 2.75) is 44.7 Å². The monoisotopic (exact) mass is 287 g/mol. The molecule has 1 aliphatic rings. The second-order valence-corrected chi connectivity index (χ2v) is 6.15. The third-order valence-electron chi connectivity index (χ3n) is 3.48. The molecule has 0 radical (unpaired) electrons. The molecule has 0 bridgehead atoms. The second-order valence-electron chi connectivity index (χ2n) is 4.74. The molecule has 1 aliphatic heterocycles. The Bertz CT molecular complexity index is 407. The number of likely N-dealkylation sites (tertiary alicyclic amines) is 1. The summed E-state index contributed by atoms with van der Waals surface area (Å²) in [6.45, 7) is 1.92. The number of carboxylic acids is 1. The van der Waals surface area contributed by atoms with Crippen LogP contribution in [0, 0.1) is 0 Å². The van der Waals surface area contributed by atoms with Gasteiger partial charge in [-0.25, -0.2) is 0 Å². The summed E-state index contributed by atoms with van der Waals surface area (Å²) in [6.07, 6.45) is 4.53. The molecule has 0 amide bonds. The quantitative estimate of drug-likeness (QED) is 0.899. The van der Waals surface area contributed by atoms with Gasteiger partial charge in [0, 0.05) is 23.9 Å². The first-order chi connectivity index (χ1) is 8.66. The van der Waals surface area contributed by atoms with E-state index in [4.69, 9.17) is 16.7 Å². The summed E-state index contributed by atoms with van der Waals surface area (Å²) in [5, 5.41) is 11.6. The normalized spacial score (nSPS) is 21.1. The van der Waals surface area contributed by atoms with Gasteiger partial charge in [0.25, 0.3) is 0 Å². The van der Waals surface area contributed by atoms with Gasteiger partial charge in [0.2, 0.25) is 0 Å². The summed E-state index contributed by atoms with van der Waals surface area (Å²) in [6, 6.07) is 2.32. The lowest BCUT2D eigenvalue weighted by Gasteiger charge is -2.35. The molecule has 1 fully saturated rings. The van der Waals surface area contributed by atoms with E-state index >= 15 is 0 Å². The predicted molar refractivity (Wildman–Crippen MR) is 74.2 cm³/mol. The van der Waals surface area contributed by atoms with Crippen LogP contribution in [0.25, 0.3) is 0 Å². The Morgan fingerprint density at radius 1 is 1.56 bits per heavy atom. The fourth-order valence-electron chi connectivity index (χ4n) is 2.51. The van der Waals surface area contributed by atoms with E-state index in [1.54, 1.807) is 11.3 Å². The molecule has 3 nitrogen and oxygen atoms in total. The van der Waals surface area contributed by atoms with Gasteiger partial charge in [-0.1, -0.05) is 18.0 Å². The zero-order chi connectivity index (χ0) is 13.0. The van der Waals surface area contributed by atoms with Crippen LogP contribution in [0.5, 0.6) is 0 Å². The van der Waals surface area contributed by atoms with Crippen LogP contribution in [0.4, 0.5) is 0 Å². The van der Waals surface area contributed by atoms with Gasteiger partial charge in [0.1, 0.15) is 0 Å². The lowest BCUT2D eigenvalue weighted by molar-refractivity contribution is -0.137. The van der Waals surface area contributed by atoms with Crippen LogP contribution in [-0.2, 0) is 11.3 Å². The van der Waals surface area contributed by atoms with Crippen molar-refractivity contribution in [2.75, 3.05) is 6.54 Å². The van der Waals surface area contributed by atoms with E-state index < -0.39 is 5.97 Å². The number of hydrogen-bond donors (Lipinski definition) is 1. The zero-order valence-corrected chi connectivity index (χ0v) is 11.8. The fraction of sp³-hybridized carbons (Fsp3) is 0.615. The minimum atomic E-state index is -0.699. The third-order valence-corrected chi connectivity index (χ3v) is 4.85. The van der Waals surface area contributed by atoms with Crippen molar-refractivity contribution < 1.29 is 9.90 Å². The molecule has 0 spiro atoms. The van der Waals surface area contributed by atoms with Crippen LogP contribution in [-0.4, -0.2) is 28.6 Å². The van der Waals surface area contributed by atoms with E-state index in [9.17, 15) is 4.79 Å². The minimum absolute atomic E-state index is 0.263. The SMILES string of the molecule is O=C(O)CCC1CCCCN1Cc1sccc1Cl. The van der Waals surface area contributed by atoms with Gasteiger partial charge >= 0.3 is 5.97 Å². The van der Waals surface area contributed by atoms with Crippen molar-refractivity contribution >= 4 is 28.9 Å². The summed E-state index contributed by atoms with van der Waals surface area (Å²) in [4.78, 5) is 14.3. The first kappa shape index (κ1) is 13.8. The van der Waals surface area contributed by atoms with Crippen molar-refractivity contribution in [2.24, 2.45) is 0 Å². The second kappa shape index (κ2) is 6.55. The number of carbonyl (C=O) groups is 1. The maximum atomic E-state index is 10.7. The highest BCUT2D eigenvalue weighted by Crippen LogP contribution is 2.28. The lowest BCUT2D eigenvalue weighted by atomic mass is 9.98. The maximum absolute atomic E-state index is 10.7. The Kier molecular flexibility index (Phi) is 5.03. The molecule has 2 rings (SSSR count). The highest BCUT2D eigenvalue weighted by Gasteiger charge is 2.23. The fourth-order valence-corrected chi connectivity index (χ4v) is 3.63. The van der Waals surface area contributed by atoms with Crippen LogP contribution >= 0.6 is 22.9 Å². The Morgan fingerprint density at radius 2 is 2.39 bits per heavy atom. The maximum Gasteiger partial charge on any atom is 0.303 e. The molecule has 1 N–H and O–H groups in total. The van der Waals surface area contributed by atoms with Gasteiger partial charge in [-0.15, -0.1) is 11.3 Å². The van der Waals surface area contributed by atoms with Crippen molar-refractivity contribution in [3.8, 4) is 0 Å². The molecule has 1 atom stereocenters. The van der Waals surface area contributed by atoms with Crippen LogP contribution < -0.4 is 0 Å². The van der Waals surface area contributed by atoms with Gasteiger partial charge < -0.3 is 5.11 Å². The van der Waals surface area contributed by atoms with E-state index in [1.807, 2.05) is 11.4 Å². The average Bonchev–Trinajstić information content (AvgIpc) is 2.74. The molecule has 18 heavy (non-hydrogen) atoms. The van der Waals surface area contributed by atoms with Gasteiger partial charge in [-0.2, -0.15) is 0 Å². The molecule has 0 saturated carbocycles. The lowest BCUT2D eigenvalue weighted by Crippen LogP contribution is -2.39. The van der Waals surface area contributed by atoms with Gasteiger partial charge in [0.15, 0.2) is 0 Å². The number of rotatable bonds is 5. The van der Waals surface area contributed by atoms with E-state index in [0.717, 1.165) is 31.0 Å². The van der Waals surface area contributed by atoms with Crippen molar-refractivity contribution in [1.29, 1.82) is 0 Å². The average molecular weight is 288 g/mol. The summed E-state index contributed by atoms with van der Waals surface area (Å²) in [5.74, 6) is -0.699. The minimum Gasteiger partial charge on any atom is -0.481 e. The summed E-state index contributed by atoms with van der Waals surface area (Å²) in [5.41, 5.74) is 0. The molecule has 2 heterocycles. The van der Waals surface area contributed by atoms with Gasteiger partial charge in [-0.05, 0) is 37.3 Å². The van der Waals surface area contributed by atoms with Gasteiger partial charge in [-0.3, -0.25) is 9.69 Å². The number of nitrogens with zero attached hydrogens (tertiary/aromatic N) is 1. The highest BCUT2D eigenvalue weighted by molar-refractivity contribution is 7.10. The number of halogens is 1. The Labute approximate surface area is 116 Å². The first-order valence-corrected chi connectivity index (χ1v) is 7.60.